The van der Waals surface area contributed by atoms with Gasteiger partial charge in [0.05, 0.1) is 0 Å². The molecule has 0 bridgehead atoms. The topological polar surface area (TPSA) is 69.6 Å². The molecule has 1 aromatic rings. The molecule has 0 aliphatic carbocycles. The van der Waals surface area contributed by atoms with E-state index in [-0.39, 0.29) is 5.69 Å². The molecule has 1 saturated heterocycles. The highest BCUT2D eigenvalue weighted by Crippen LogP contribution is 2.17. The van der Waals surface area contributed by atoms with E-state index in [2.05, 4.69) is 28.7 Å². The molecular formula is C13H20N4O2. The van der Waals surface area contributed by atoms with Gasteiger partial charge in [-0.1, -0.05) is 13.8 Å². The lowest BCUT2D eigenvalue weighted by Crippen LogP contribution is -2.48. The van der Waals surface area contributed by atoms with E-state index in [1.807, 2.05) is 4.90 Å². The number of anilines is 1. The first kappa shape index (κ1) is 13.7. The van der Waals surface area contributed by atoms with Crippen LogP contribution in [0.3, 0.4) is 0 Å². The summed E-state index contributed by atoms with van der Waals surface area (Å²) >= 11 is 0. The van der Waals surface area contributed by atoms with Crippen LogP contribution in [0.4, 0.5) is 5.82 Å². The van der Waals surface area contributed by atoms with E-state index >= 15 is 0 Å². The fraction of sp³-hybridized carbons (Fsp3) is 0.615. The van der Waals surface area contributed by atoms with E-state index in [4.69, 9.17) is 5.11 Å². The van der Waals surface area contributed by atoms with Gasteiger partial charge >= 0.3 is 5.97 Å². The quantitative estimate of drug-likeness (QED) is 0.873. The van der Waals surface area contributed by atoms with Gasteiger partial charge in [0.15, 0.2) is 11.5 Å². The fourth-order valence-corrected chi connectivity index (χ4v) is 2.37. The van der Waals surface area contributed by atoms with Gasteiger partial charge in [-0.15, -0.1) is 0 Å². The molecular weight excluding hydrogens is 244 g/mol. The van der Waals surface area contributed by atoms with Crippen LogP contribution >= 0.6 is 0 Å². The fourth-order valence-electron chi connectivity index (χ4n) is 2.37. The Hall–Kier alpha value is -1.69. The Morgan fingerprint density at radius 3 is 2.47 bits per heavy atom. The number of aromatic carboxylic acids is 1. The molecule has 1 aliphatic heterocycles. The van der Waals surface area contributed by atoms with E-state index in [9.17, 15) is 4.79 Å². The number of carbonyl (C=O) groups is 1. The van der Waals surface area contributed by atoms with Crippen molar-refractivity contribution < 1.29 is 9.90 Å². The van der Waals surface area contributed by atoms with Crippen LogP contribution in [-0.2, 0) is 0 Å². The zero-order valence-electron chi connectivity index (χ0n) is 11.4. The first-order chi connectivity index (χ1) is 9.08. The predicted molar refractivity (Wildman–Crippen MR) is 72.5 cm³/mol. The van der Waals surface area contributed by atoms with Gasteiger partial charge in [0.1, 0.15) is 0 Å². The van der Waals surface area contributed by atoms with Crippen molar-refractivity contribution in [1.29, 1.82) is 0 Å². The maximum absolute atomic E-state index is 11.1. The van der Waals surface area contributed by atoms with Gasteiger partial charge in [0.25, 0.3) is 0 Å². The van der Waals surface area contributed by atoms with Crippen LogP contribution in [0.2, 0.25) is 0 Å². The molecule has 1 N–H and O–H groups in total. The monoisotopic (exact) mass is 264 g/mol. The smallest absolute Gasteiger partial charge is 0.358 e. The molecule has 0 atom stereocenters. The highest BCUT2D eigenvalue weighted by atomic mass is 16.4. The zero-order chi connectivity index (χ0) is 13.8. The van der Waals surface area contributed by atoms with Crippen LogP contribution in [0, 0.1) is 5.92 Å². The molecule has 0 aromatic carbocycles. The van der Waals surface area contributed by atoms with E-state index in [0.29, 0.717) is 11.7 Å². The number of piperazine rings is 1. The largest absolute Gasteiger partial charge is 0.476 e. The molecule has 0 saturated carbocycles. The summed E-state index contributed by atoms with van der Waals surface area (Å²) < 4.78 is 0. The second-order valence-electron chi connectivity index (χ2n) is 5.22. The Bertz CT molecular complexity index is 442. The SMILES string of the molecule is CC(C)CN1CCN(c2nccnc2C(=O)O)CC1. The average molecular weight is 264 g/mol. The molecule has 6 nitrogen and oxygen atoms in total. The summed E-state index contributed by atoms with van der Waals surface area (Å²) in [5, 5.41) is 9.13. The Labute approximate surface area is 113 Å². The van der Waals surface area contributed by atoms with Gasteiger partial charge in [0, 0.05) is 45.1 Å². The number of carboxylic acid groups (broad SMARTS) is 1. The minimum absolute atomic E-state index is 0.0415. The average Bonchev–Trinajstić information content (AvgIpc) is 2.39. The molecule has 1 aliphatic rings. The molecule has 0 spiro atoms. The van der Waals surface area contributed by atoms with Crippen molar-refractivity contribution in [3.63, 3.8) is 0 Å². The Balaban J connectivity index is 2.04. The summed E-state index contributed by atoms with van der Waals surface area (Å²) in [6.07, 6.45) is 2.96. The highest BCUT2D eigenvalue weighted by molar-refractivity contribution is 5.90. The number of nitrogens with zero attached hydrogens (tertiary/aromatic N) is 4. The molecule has 0 radical (unpaired) electrons. The van der Waals surface area contributed by atoms with Crippen molar-refractivity contribution in [2.45, 2.75) is 13.8 Å². The summed E-state index contributed by atoms with van der Waals surface area (Å²) in [6, 6.07) is 0. The standard InChI is InChI=1S/C13H20N4O2/c1-10(2)9-16-5-7-17(8-6-16)12-11(13(18)19)14-3-4-15-12/h3-4,10H,5-9H2,1-2H3,(H,18,19). The van der Waals surface area contributed by atoms with Crippen molar-refractivity contribution in [1.82, 2.24) is 14.9 Å². The Kier molecular flexibility index (Phi) is 4.31. The third-order valence-corrected chi connectivity index (χ3v) is 3.18. The summed E-state index contributed by atoms with van der Waals surface area (Å²) in [6.45, 7) is 8.97. The third-order valence-electron chi connectivity index (χ3n) is 3.18. The molecule has 6 heteroatoms. The van der Waals surface area contributed by atoms with Crippen LogP contribution < -0.4 is 4.90 Å². The second kappa shape index (κ2) is 5.97. The van der Waals surface area contributed by atoms with Crippen LogP contribution in [-0.4, -0.2) is 58.7 Å². The highest BCUT2D eigenvalue weighted by Gasteiger charge is 2.23. The van der Waals surface area contributed by atoms with E-state index in [1.165, 1.54) is 6.20 Å². The minimum atomic E-state index is -1.02. The summed E-state index contributed by atoms with van der Waals surface area (Å²) in [4.78, 5) is 23.6. The molecule has 0 unspecified atom stereocenters. The predicted octanol–water partition coefficient (Wildman–Crippen LogP) is 0.953. The summed E-state index contributed by atoms with van der Waals surface area (Å²) in [5.74, 6) is 0.115. The van der Waals surface area contributed by atoms with Gasteiger partial charge in [-0.25, -0.2) is 14.8 Å². The lowest BCUT2D eigenvalue weighted by atomic mass is 10.2. The maximum atomic E-state index is 11.1. The van der Waals surface area contributed by atoms with Crippen LogP contribution in [0.5, 0.6) is 0 Å². The van der Waals surface area contributed by atoms with Crippen molar-refractivity contribution in [3.8, 4) is 0 Å². The molecule has 1 aromatic heterocycles. The van der Waals surface area contributed by atoms with Crippen LogP contribution in [0.15, 0.2) is 12.4 Å². The maximum Gasteiger partial charge on any atom is 0.358 e. The van der Waals surface area contributed by atoms with Gasteiger partial charge in [-0.3, -0.25) is 4.90 Å². The van der Waals surface area contributed by atoms with E-state index in [1.54, 1.807) is 6.20 Å². The second-order valence-corrected chi connectivity index (χ2v) is 5.22. The van der Waals surface area contributed by atoms with E-state index in [0.717, 1.165) is 32.7 Å². The van der Waals surface area contributed by atoms with Crippen LogP contribution in [0.1, 0.15) is 24.3 Å². The number of hydrogen-bond acceptors (Lipinski definition) is 5. The van der Waals surface area contributed by atoms with E-state index < -0.39 is 5.97 Å². The molecule has 19 heavy (non-hydrogen) atoms. The summed E-state index contributed by atoms with van der Waals surface area (Å²) in [5.41, 5.74) is 0.0415. The van der Waals surface area contributed by atoms with Gasteiger partial charge in [0.2, 0.25) is 0 Å². The summed E-state index contributed by atoms with van der Waals surface area (Å²) in [7, 11) is 0. The number of aromatic nitrogens is 2. The molecule has 2 heterocycles. The third kappa shape index (κ3) is 3.41. The van der Waals surface area contributed by atoms with Gasteiger partial charge < -0.3 is 10.0 Å². The lowest BCUT2D eigenvalue weighted by molar-refractivity contribution is 0.0690. The lowest BCUT2D eigenvalue weighted by Gasteiger charge is -2.36. The molecule has 2 rings (SSSR count). The number of rotatable bonds is 4. The van der Waals surface area contributed by atoms with Crippen molar-refractivity contribution >= 4 is 11.8 Å². The van der Waals surface area contributed by atoms with Crippen molar-refractivity contribution in [2.75, 3.05) is 37.6 Å². The van der Waals surface area contributed by atoms with Crippen molar-refractivity contribution in [2.24, 2.45) is 5.92 Å². The van der Waals surface area contributed by atoms with Crippen molar-refractivity contribution in [3.05, 3.63) is 18.1 Å². The normalized spacial score (nSPS) is 16.9. The Morgan fingerprint density at radius 2 is 1.89 bits per heavy atom. The molecule has 1 fully saturated rings. The van der Waals surface area contributed by atoms with Gasteiger partial charge in [-0.2, -0.15) is 0 Å². The minimum Gasteiger partial charge on any atom is -0.476 e. The number of carboxylic acids is 1. The first-order valence-electron chi connectivity index (χ1n) is 6.59. The van der Waals surface area contributed by atoms with Gasteiger partial charge in [-0.05, 0) is 5.92 Å². The molecule has 104 valence electrons. The first-order valence-corrected chi connectivity index (χ1v) is 6.59. The van der Waals surface area contributed by atoms with Crippen LogP contribution in [0.25, 0.3) is 0 Å². The Morgan fingerprint density at radius 1 is 1.26 bits per heavy atom. The molecule has 0 amide bonds. The number of hydrogen-bond donors (Lipinski definition) is 1. The zero-order valence-corrected chi connectivity index (χ0v) is 11.4.